The van der Waals surface area contributed by atoms with E-state index in [-0.39, 0.29) is 31.3 Å². The molecule has 4 aliphatic heterocycles. The van der Waals surface area contributed by atoms with Crippen LogP contribution in [0.25, 0.3) is 10.4 Å². The van der Waals surface area contributed by atoms with E-state index in [9.17, 15) is 29.4 Å². The Morgan fingerprint density at radius 2 is 1.35 bits per heavy atom. The molecule has 2 aromatic carbocycles. The van der Waals surface area contributed by atoms with E-state index in [2.05, 4.69) is 35.9 Å². The fraction of sp³-hybridized carbons (Fsp3) is 0.556. The summed E-state index contributed by atoms with van der Waals surface area (Å²) in [6, 6.07) is 14.8. The van der Waals surface area contributed by atoms with Crippen molar-refractivity contribution in [3.63, 3.8) is 0 Å². The maximum absolute atomic E-state index is 13.0. The first-order valence-corrected chi connectivity index (χ1v) is 27.5. The molecular weight excluding hydrogens is 1050 g/mol. The highest BCUT2D eigenvalue weighted by atomic mass is 79.9. The minimum atomic E-state index is -0.802. The number of nitrogens with zero attached hydrogens (tertiary/aromatic N) is 6. The summed E-state index contributed by atoms with van der Waals surface area (Å²) in [4.78, 5) is 72.0. The van der Waals surface area contributed by atoms with Crippen LogP contribution in [0.15, 0.2) is 73.3 Å². The van der Waals surface area contributed by atoms with E-state index in [0.29, 0.717) is 37.1 Å². The zero-order valence-electron chi connectivity index (χ0n) is 45.1. The van der Waals surface area contributed by atoms with Crippen LogP contribution in [-0.4, -0.2) is 132 Å². The number of carbonyl (C=O) groups is 4. The number of carbonyl (C=O) groups excluding carboxylic acids is 4. The van der Waals surface area contributed by atoms with Crippen molar-refractivity contribution in [2.24, 2.45) is 9.98 Å². The highest BCUT2D eigenvalue weighted by molar-refractivity contribution is 9.11. The number of thiazole rings is 2. The van der Waals surface area contributed by atoms with Gasteiger partial charge in [0.25, 0.3) is 5.91 Å². The van der Waals surface area contributed by atoms with Gasteiger partial charge in [0.05, 0.1) is 85.1 Å². The molecule has 2 N–H and O–H groups in total. The average molecular weight is 1120 g/mol. The summed E-state index contributed by atoms with van der Waals surface area (Å²) in [5, 5.41) is 20.6. The Kier molecular flexibility index (Phi) is 18.4. The van der Waals surface area contributed by atoms with E-state index in [4.69, 9.17) is 18.8 Å². The van der Waals surface area contributed by atoms with Gasteiger partial charge in [0.2, 0.25) is 5.91 Å². The van der Waals surface area contributed by atoms with Crippen LogP contribution in [0.5, 0.6) is 0 Å². The van der Waals surface area contributed by atoms with Gasteiger partial charge in [0.15, 0.2) is 0 Å². The van der Waals surface area contributed by atoms with E-state index < -0.39 is 71.4 Å². The number of aryl methyl sites for hydroxylation is 2. The third-order valence-corrected chi connectivity index (χ3v) is 16.3. The number of amides is 4. The van der Waals surface area contributed by atoms with Crippen molar-refractivity contribution in [1.82, 2.24) is 19.8 Å². The topological polar surface area (TPSA) is 203 Å². The van der Waals surface area contributed by atoms with Crippen LogP contribution in [0.4, 0.5) is 9.59 Å². The number of aliphatic imine (C=N–C) groups is 2. The van der Waals surface area contributed by atoms with Crippen molar-refractivity contribution in [2.45, 2.75) is 181 Å². The molecule has 0 aliphatic carbocycles. The molecule has 0 saturated carbocycles. The summed E-state index contributed by atoms with van der Waals surface area (Å²) in [7, 11) is -0.462. The number of hydrogen-bond donors (Lipinski definition) is 2. The predicted molar refractivity (Wildman–Crippen MR) is 295 cm³/mol. The van der Waals surface area contributed by atoms with Crippen molar-refractivity contribution < 1.29 is 48.2 Å². The number of β-amino-alcohol motifs (C(OH)–C–C–N with tert-alkyl or cyclic N) is 2. The molecule has 0 radical (unpaired) electrons. The number of benzene rings is 2. The third-order valence-electron chi connectivity index (χ3n) is 13.5. The van der Waals surface area contributed by atoms with Crippen molar-refractivity contribution in [2.75, 3.05) is 13.1 Å². The smallest absolute Gasteiger partial charge is 0.444 e. The van der Waals surface area contributed by atoms with Crippen LogP contribution in [0.1, 0.15) is 131 Å². The molecule has 400 valence electrons. The molecule has 0 spiro atoms. The molecule has 74 heavy (non-hydrogen) atoms. The second kappa shape index (κ2) is 23.3. The molecule has 16 nitrogen and oxygen atoms in total. The maximum atomic E-state index is 13.0. The summed E-state index contributed by atoms with van der Waals surface area (Å²) in [6.45, 7) is 26.8. The highest BCUT2D eigenvalue weighted by Gasteiger charge is 2.52. The molecule has 5 atom stereocenters. The fourth-order valence-corrected chi connectivity index (χ4v) is 10.5. The molecule has 2 aromatic heterocycles. The first-order valence-electron chi connectivity index (χ1n) is 25.0. The molecule has 4 aliphatic rings. The number of hydrogen-bond acceptors (Lipinski definition) is 14. The molecule has 2 unspecified atom stereocenters. The SMILES string of the molecule is CCC(=O)N=C(Cc1ccc(B2OC(C)(C)C(C)(C)O2)cc1)C1C[C@@H](O)CN1C(=O)OC(C)(C)C.Cc1ncsc1-c1ccc([C@]2(C)CC(C3C[C@@H](O)CN3C(=O)OC(C)(C)C)=NC2=O)cc1.Cc1ncsc1Br. The lowest BCUT2D eigenvalue weighted by molar-refractivity contribution is -0.121. The van der Waals surface area contributed by atoms with Gasteiger partial charge < -0.3 is 29.0 Å². The van der Waals surface area contributed by atoms with Crippen LogP contribution < -0.4 is 5.46 Å². The normalized spacial score (nSPS) is 23.5. The molecule has 4 amide bonds. The first-order chi connectivity index (χ1) is 34.4. The van der Waals surface area contributed by atoms with Gasteiger partial charge in [-0.1, -0.05) is 55.5 Å². The Labute approximate surface area is 452 Å². The molecule has 8 rings (SSSR count). The van der Waals surface area contributed by atoms with Crippen molar-refractivity contribution in [3.8, 4) is 10.4 Å². The minimum absolute atomic E-state index is 0.139. The van der Waals surface area contributed by atoms with E-state index in [0.717, 1.165) is 42.2 Å². The Hall–Kier alpha value is -4.70. The zero-order chi connectivity index (χ0) is 54.7. The number of aliphatic hydroxyl groups excluding tert-OH is 2. The summed E-state index contributed by atoms with van der Waals surface area (Å²) in [6.07, 6.45) is -0.704. The Bertz CT molecular complexity index is 2680. The average Bonchev–Trinajstić information content (AvgIpc) is 4.17. The number of aromatic nitrogens is 2. The number of ether oxygens (including phenoxy) is 2. The summed E-state index contributed by atoms with van der Waals surface area (Å²) >= 11 is 6.52. The summed E-state index contributed by atoms with van der Waals surface area (Å²) < 4.78 is 24.5. The maximum Gasteiger partial charge on any atom is 0.494 e. The Balaban J connectivity index is 0.000000213. The van der Waals surface area contributed by atoms with Gasteiger partial charge in [-0.25, -0.2) is 29.5 Å². The van der Waals surface area contributed by atoms with Gasteiger partial charge in [-0.05, 0) is 128 Å². The van der Waals surface area contributed by atoms with Gasteiger partial charge in [0.1, 0.15) is 11.2 Å². The van der Waals surface area contributed by atoms with Crippen molar-refractivity contribution >= 4 is 86.6 Å². The van der Waals surface area contributed by atoms with Gasteiger partial charge in [-0.2, -0.15) is 0 Å². The molecule has 4 aromatic rings. The largest absolute Gasteiger partial charge is 0.494 e. The van der Waals surface area contributed by atoms with Gasteiger partial charge in [-0.15, -0.1) is 22.7 Å². The van der Waals surface area contributed by atoms with Crippen LogP contribution in [0.2, 0.25) is 0 Å². The molecular formula is C54H72BBrN6O10S2. The van der Waals surface area contributed by atoms with E-state index >= 15 is 0 Å². The summed E-state index contributed by atoms with van der Waals surface area (Å²) in [5.74, 6) is -0.487. The molecule has 3 saturated heterocycles. The fourth-order valence-electron chi connectivity index (χ4n) is 8.76. The Morgan fingerprint density at radius 1 is 0.811 bits per heavy atom. The quantitative estimate of drug-likeness (QED) is 0.125. The van der Waals surface area contributed by atoms with Gasteiger partial charge in [0, 0.05) is 43.5 Å². The van der Waals surface area contributed by atoms with Crippen LogP contribution >= 0.6 is 38.6 Å². The number of aliphatic hydroxyl groups is 2. The van der Waals surface area contributed by atoms with Gasteiger partial charge in [-0.3, -0.25) is 19.4 Å². The Morgan fingerprint density at radius 3 is 1.85 bits per heavy atom. The number of rotatable bonds is 8. The molecule has 20 heteroatoms. The van der Waals surface area contributed by atoms with Crippen molar-refractivity contribution in [1.29, 1.82) is 0 Å². The minimum Gasteiger partial charge on any atom is -0.444 e. The van der Waals surface area contributed by atoms with Gasteiger partial charge >= 0.3 is 19.3 Å². The standard InChI is InChI=1S/C26H39BN2O6.C24H29N3O4S.C4H4BrNS/c1-9-22(31)28-20(21-15-19(30)16-29(21)23(32)33-24(2,3)4)14-17-10-12-18(13-11-17)27-34-25(5,6)26(7,8)35-27;1-14-20(32-13-25-14)15-6-8-16(9-7-15)24(5)11-18(26-21(24)29)19-10-17(28)12-27(19)22(30)31-23(2,3)4;1-3-4(5)7-2-6-3/h10-13,19,21,30H,9,14-16H2,1-8H3;6-9,13,17,19,28H,10-12H2,1-5H3;2H,1H3/t19-,21?;17-,19?,24+;/m11./s1. The molecule has 0 bridgehead atoms. The third kappa shape index (κ3) is 14.4. The van der Waals surface area contributed by atoms with Crippen LogP contribution in [-0.2, 0) is 40.2 Å². The summed E-state index contributed by atoms with van der Waals surface area (Å²) in [5.41, 5.74) is 7.69. The second-order valence-electron chi connectivity index (χ2n) is 22.4. The first kappa shape index (κ1) is 58.6. The van der Waals surface area contributed by atoms with Crippen molar-refractivity contribution in [3.05, 3.63) is 85.9 Å². The van der Waals surface area contributed by atoms with E-state index in [1.165, 1.54) is 9.80 Å². The molecule has 3 fully saturated rings. The lowest BCUT2D eigenvalue weighted by atomic mass is 9.78. The molecule has 6 heterocycles. The predicted octanol–water partition coefficient (Wildman–Crippen LogP) is 9.61. The zero-order valence-corrected chi connectivity index (χ0v) is 48.4. The van der Waals surface area contributed by atoms with E-state index in [1.807, 2.05) is 108 Å². The highest BCUT2D eigenvalue weighted by Crippen LogP contribution is 2.40. The second-order valence-corrected chi connectivity index (χ2v) is 25.4. The lowest BCUT2D eigenvalue weighted by Gasteiger charge is -2.32. The number of likely N-dealkylation sites (tertiary alicyclic amines) is 2. The van der Waals surface area contributed by atoms with Crippen LogP contribution in [0, 0.1) is 13.8 Å². The number of halogens is 1. The lowest BCUT2D eigenvalue weighted by Crippen LogP contribution is -2.44. The van der Waals surface area contributed by atoms with E-state index in [1.54, 1.807) is 71.1 Å². The van der Waals surface area contributed by atoms with Crippen LogP contribution in [0.3, 0.4) is 0 Å². The monoisotopic (exact) mass is 1120 g/mol.